The molecular weight excluding hydrogens is 352 g/mol. The number of piperazine rings is 1. The summed E-state index contributed by atoms with van der Waals surface area (Å²) in [4.78, 5) is 13.3. The van der Waals surface area contributed by atoms with Crippen molar-refractivity contribution in [1.82, 2.24) is 14.9 Å². The van der Waals surface area contributed by atoms with E-state index >= 15 is 0 Å². The van der Waals surface area contributed by atoms with E-state index in [9.17, 15) is 13.5 Å². The molecule has 4 rings (SSSR count). The van der Waals surface area contributed by atoms with Crippen LogP contribution in [0.5, 0.6) is 0 Å². The second-order valence-electron chi connectivity index (χ2n) is 6.84. The van der Waals surface area contributed by atoms with Crippen molar-refractivity contribution in [1.29, 1.82) is 0 Å². The number of anilines is 1. The molecule has 0 bridgehead atoms. The smallest absolute Gasteiger partial charge is 0.161 e. The van der Waals surface area contributed by atoms with Crippen molar-refractivity contribution in [3.63, 3.8) is 0 Å². The van der Waals surface area contributed by atoms with E-state index in [1.54, 1.807) is 6.20 Å². The Labute approximate surface area is 153 Å². The summed E-state index contributed by atoms with van der Waals surface area (Å²) in [5.74, 6) is 1.50. The number of aliphatic hydroxyl groups is 1. The van der Waals surface area contributed by atoms with E-state index in [1.165, 1.54) is 0 Å². The molecule has 2 fully saturated rings. The summed E-state index contributed by atoms with van der Waals surface area (Å²) in [5.41, 5.74) is 0.979. The van der Waals surface area contributed by atoms with E-state index in [4.69, 9.17) is 0 Å². The standard InChI is InChI=1S/C18H22N4O3S/c23-16-13-26(24,25)12-15(16)21-8-10-22(11-9-21)17-6-7-19-18(20-17)14-4-2-1-3-5-14/h1-7,15-16,23H,8-13H2/t15-,16-/m0/s1. The molecule has 2 aliphatic heterocycles. The van der Waals surface area contributed by atoms with Crippen LogP contribution in [0.3, 0.4) is 0 Å². The summed E-state index contributed by atoms with van der Waals surface area (Å²) >= 11 is 0. The fourth-order valence-corrected chi connectivity index (χ4v) is 5.53. The van der Waals surface area contributed by atoms with Crippen molar-refractivity contribution in [3.8, 4) is 11.4 Å². The van der Waals surface area contributed by atoms with E-state index in [1.807, 2.05) is 36.4 Å². The average Bonchev–Trinajstić information content (AvgIpc) is 2.95. The van der Waals surface area contributed by atoms with Gasteiger partial charge in [-0.15, -0.1) is 0 Å². The lowest BCUT2D eigenvalue weighted by Crippen LogP contribution is -2.53. The van der Waals surface area contributed by atoms with Crippen molar-refractivity contribution in [2.75, 3.05) is 42.6 Å². The molecule has 138 valence electrons. The van der Waals surface area contributed by atoms with Gasteiger partial charge >= 0.3 is 0 Å². The maximum atomic E-state index is 11.7. The van der Waals surface area contributed by atoms with Crippen LogP contribution in [0.15, 0.2) is 42.6 Å². The number of hydrogen-bond acceptors (Lipinski definition) is 7. The molecule has 3 heterocycles. The van der Waals surface area contributed by atoms with Gasteiger partial charge in [-0.1, -0.05) is 30.3 Å². The number of benzene rings is 1. The minimum atomic E-state index is -3.12. The van der Waals surface area contributed by atoms with Gasteiger partial charge in [0.05, 0.1) is 23.7 Å². The van der Waals surface area contributed by atoms with E-state index in [0.717, 1.165) is 24.5 Å². The zero-order chi connectivity index (χ0) is 18.1. The maximum Gasteiger partial charge on any atom is 0.161 e. The molecule has 26 heavy (non-hydrogen) atoms. The number of aliphatic hydroxyl groups excluding tert-OH is 1. The van der Waals surface area contributed by atoms with Gasteiger partial charge in [0.1, 0.15) is 5.82 Å². The van der Waals surface area contributed by atoms with Crippen LogP contribution in [0.1, 0.15) is 0 Å². The first-order valence-corrected chi connectivity index (χ1v) is 10.6. The molecule has 7 nitrogen and oxygen atoms in total. The van der Waals surface area contributed by atoms with Gasteiger partial charge in [0, 0.05) is 37.9 Å². The van der Waals surface area contributed by atoms with Crippen LogP contribution in [0.4, 0.5) is 5.82 Å². The molecule has 2 aliphatic rings. The summed E-state index contributed by atoms with van der Waals surface area (Å²) in [6.45, 7) is 2.91. The Morgan fingerprint density at radius 3 is 2.38 bits per heavy atom. The first-order chi connectivity index (χ1) is 12.5. The number of sulfone groups is 1. The van der Waals surface area contributed by atoms with E-state index < -0.39 is 15.9 Å². The third kappa shape index (κ3) is 3.58. The lowest BCUT2D eigenvalue weighted by Gasteiger charge is -2.39. The van der Waals surface area contributed by atoms with Crippen molar-refractivity contribution < 1.29 is 13.5 Å². The van der Waals surface area contributed by atoms with Crippen LogP contribution < -0.4 is 4.90 Å². The topological polar surface area (TPSA) is 86.6 Å². The first kappa shape index (κ1) is 17.4. The Morgan fingerprint density at radius 1 is 1.00 bits per heavy atom. The molecule has 0 radical (unpaired) electrons. The quantitative estimate of drug-likeness (QED) is 0.833. The molecule has 1 aromatic carbocycles. The summed E-state index contributed by atoms with van der Waals surface area (Å²) in [5, 5.41) is 10.1. The number of hydrogen-bond donors (Lipinski definition) is 1. The van der Waals surface area contributed by atoms with Crippen LogP contribution in [-0.2, 0) is 9.84 Å². The first-order valence-electron chi connectivity index (χ1n) is 8.78. The van der Waals surface area contributed by atoms with Gasteiger partial charge in [-0.25, -0.2) is 18.4 Å². The second-order valence-corrected chi connectivity index (χ2v) is 8.99. The van der Waals surface area contributed by atoms with E-state index in [-0.39, 0.29) is 17.5 Å². The Balaban J connectivity index is 1.44. The van der Waals surface area contributed by atoms with Gasteiger partial charge in [-0.3, -0.25) is 4.90 Å². The molecule has 8 heteroatoms. The van der Waals surface area contributed by atoms with Gasteiger partial charge in [-0.2, -0.15) is 0 Å². The summed E-state index contributed by atoms with van der Waals surface area (Å²) in [6.07, 6.45) is 0.986. The van der Waals surface area contributed by atoms with Crippen LogP contribution in [-0.4, -0.2) is 78.2 Å². The highest BCUT2D eigenvalue weighted by molar-refractivity contribution is 7.91. The van der Waals surface area contributed by atoms with Crippen molar-refractivity contribution in [3.05, 3.63) is 42.6 Å². The minimum Gasteiger partial charge on any atom is -0.390 e. The predicted molar refractivity (Wildman–Crippen MR) is 99.7 cm³/mol. The largest absolute Gasteiger partial charge is 0.390 e. The van der Waals surface area contributed by atoms with Crippen molar-refractivity contribution >= 4 is 15.7 Å². The molecular formula is C18H22N4O3S. The van der Waals surface area contributed by atoms with E-state index in [0.29, 0.717) is 18.9 Å². The lowest BCUT2D eigenvalue weighted by molar-refractivity contribution is 0.0792. The zero-order valence-electron chi connectivity index (χ0n) is 14.4. The summed E-state index contributed by atoms with van der Waals surface area (Å²) < 4.78 is 23.5. The fourth-order valence-electron chi connectivity index (χ4n) is 3.69. The lowest BCUT2D eigenvalue weighted by atomic mass is 10.1. The van der Waals surface area contributed by atoms with Gasteiger partial charge in [0.25, 0.3) is 0 Å². The molecule has 0 aliphatic carbocycles. The normalized spacial score (nSPS) is 26.1. The molecule has 0 unspecified atom stereocenters. The Hall–Kier alpha value is -2.03. The number of nitrogens with zero attached hydrogens (tertiary/aromatic N) is 4. The molecule has 0 amide bonds. The van der Waals surface area contributed by atoms with Gasteiger partial charge in [0.15, 0.2) is 15.7 Å². The molecule has 1 aromatic heterocycles. The molecule has 2 atom stereocenters. The van der Waals surface area contributed by atoms with Crippen molar-refractivity contribution in [2.45, 2.75) is 12.1 Å². The van der Waals surface area contributed by atoms with Crippen LogP contribution in [0.25, 0.3) is 11.4 Å². The van der Waals surface area contributed by atoms with Crippen LogP contribution in [0.2, 0.25) is 0 Å². The minimum absolute atomic E-state index is 0.0554. The summed E-state index contributed by atoms with van der Waals surface area (Å²) in [7, 11) is -3.12. The highest BCUT2D eigenvalue weighted by Crippen LogP contribution is 2.23. The predicted octanol–water partition coefficient (Wildman–Crippen LogP) is 0.423. The fraction of sp³-hybridized carbons (Fsp3) is 0.444. The third-order valence-electron chi connectivity index (χ3n) is 5.07. The molecule has 2 saturated heterocycles. The second kappa shape index (κ2) is 6.94. The van der Waals surface area contributed by atoms with E-state index in [2.05, 4.69) is 19.8 Å². The zero-order valence-corrected chi connectivity index (χ0v) is 15.2. The maximum absolute atomic E-state index is 11.7. The molecule has 0 saturated carbocycles. The van der Waals surface area contributed by atoms with Crippen LogP contribution >= 0.6 is 0 Å². The molecule has 2 aromatic rings. The SMILES string of the molecule is O=S1(=O)C[C@H](O)[C@@H](N2CCN(c3ccnc(-c4ccccc4)n3)CC2)C1. The number of rotatable bonds is 3. The van der Waals surface area contributed by atoms with Gasteiger partial charge in [-0.05, 0) is 6.07 Å². The molecule has 0 spiro atoms. The Bertz CT molecular complexity index is 867. The Kier molecular flexibility index (Phi) is 4.64. The summed E-state index contributed by atoms with van der Waals surface area (Å²) in [6, 6.07) is 11.5. The molecule has 1 N–H and O–H groups in total. The highest BCUT2D eigenvalue weighted by Gasteiger charge is 2.40. The Morgan fingerprint density at radius 2 is 1.73 bits per heavy atom. The van der Waals surface area contributed by atoms with Crippen molar-refractivity contribution in [2.24, 2.45) is 0 Å². The van der Waals surface area contributed by atoms with Crippen LogP contribution in [0, 0.1) is 0 Å². The highest BCUT2D eigenvalue weighted by atomic mass is 32.2. The van der Waals surface area contributed by atoms with Gasteiger partial charge in [0.2, 0.25) is 0 Å². The third-order valence-corrected chi connectivity index (χ3v) is 6.77. The average molecular weight is 374 g/mol. The van der Waals surface area contributed by atoms with Gasteiger partial charge < -0.3 is 10.0 Å². The monoisotopic (exact) mass is 374 g/mol. The number of aromatic nitrogens is 2.